The Hall–Kier alpha value is -2.69. The molecule has 0 bridgehead atoms. The smallest absolute Gasteiger partial charge is 0.228 e. The molecule has 0 aliphatic carbocycles. The molecule has 1 saturated heterocycles. The zero-order valence-electron chi connectivity index (χ0n) is 14.3. The van der Waals surface area contributed by atoms with E-state index < -0.39 is 0 Å². The molecule has 26 heavy (non-hydrogen) atoms. The molecule has 6 nitrogen and oxygen atoms in total. The van der Waals surface area contributed by atoms with E-state index in [0.717, 1.165) is 43.4 Å². The quantitative estimate of drug-likeness (QED) is 0.711. The molecule has 0 unspecified atom stereocenters. The first-order chi connectivity index (χ1) is 12.7. The zero-order chi connectivity index (χ0) is 17.9. The molecule has 3 aromatic rings. The summed E-state index contributed by atoms with van der Waals surface area (Å²) < 4.78 is 1.96. The van der Waals surface area contributed by atoms with Gasteiger partial charge in [0.25, 0.3) is 0 Å². The lowest BCUT2D eigenvalue weighted by Gasteiger charge is -2.34. The van der Waals surface area contributed by atoms with Gasteiger partial charge in [0, 0.05) is 50.5 Å². The average Bonchev–Trinajstić information content (AvgIpc) is 3.24. The van der Waals surface area contributed by atoms with Crippen LogP contribution in [0.5, 0.6) is 0 Å². The first-order valence-electron chi connectivity index (χ1n) is 8.61. The maximum absolute atomic E-state index is 12.5. The fourth-order valence-electron chi connectivity index (χ4n) is 3.23. The Morgan fingerprint density at radius 2 is 1.96 bits per heavy atom. The van der Waals surface area contributed by atoms with Crippen molar-refractivity contribution in [1.82, 2.24) is 19.2 Å². The number of fused-ring (bicyclic) bond motifs is 1. The fraction of sp³-hybridized carbons (Fsp3) is 0.316. The summed E-state index contributed by atoms with van der Waals surface area (Å²) in [7, 11) is 0. The molecule has 1 amide bonds. The number of aromatic nitrogens is 2. The molecule has 1 aromatic carbocycles. The first-order valence-corrected chi connectivity index (χ1v) is 9.49. The minimum atomic E-state index is 0.147. The van der Waals surface area contributed by atoms with E-state index in [1.54, 1.807) is 11.3 Å². The van der Waals surface area contributed by atoms with Crippen molar-refractivity contribution in [2.75, 3.05) is 26.2 Å². The lowest BCUT2D eigenvalue weighted by molar-refractivity contribution is -0.132. The Labute approximate surface area is 155 Å². The number of rotatable bonds is 4. The Morgan fingerprint density at radius 1 is 1.19 bits per heavy atom. The minimum absolute atomic E-state index is 0.147. The van der Waals surface area contributed by atoms with Crippen LogP contribution in [-0.2, 0) is 17.8 Å². The molecule has 0 radical (unpaired) electrons. The summed E-state index contributed by atoms with van der Waals surface area (Å²) in [6.45, 7) is 4.08. The van der Waals surface area contributed by atoms with Gasteiger partial charge in [0.15, 0.2) is 4.96 Å². The molecule has 1 fully saturated rings. The third-order valence-corrected chi connectivity index (χ3v) is 5.46. The summed E-state index contributed by atoms with van der Waals surface area (Å²) >= 11 is 1.58. The average molecular weight is 365 g/mol. The molecule has 2 aromatic heterocycles. The fourth-order valence-corrected chi connectivity index (χ4v) is 3.95. The van der Waals surface area contributed by atoms with Crippen LogP contribution >= 0.6 is 11.3 Å². The molecule has 3 heterocycles. The topological polar surface area (TPSA) is 64.6 Å². The van der Waals surface area contributed by atoms with Gasteiger partial charge in [-0.1, -0.05) is 12.1 Å². The van der Waals surface area contributed by atoms with Crippen LogP contribution in [0.15, 0.2) is 42.0 Å². The second-order valence-electron chi connectivity index (χ2n) is 6.47. The van der Waals surface area contributed by atoms with Crippen molar-refractivity contribution >= 4 is 22.2 Å². The van der Waals surface area contributed by atoms with Gasteiger partial charge in [-0.15, -0.1) is 11.3 Å². The molecule has 0 N–H and O–H groups in total. The Balaban J connectivity index is 1.29. The standard InChI is InChI=1S/C19H19N5OS/c20-12-15-1-3-16(4-2-15)13-22-5-7-23(8-6-22)18(25)11-17-14-24-9-10-26-19(24)21-17/h1-4,9-10,14H,5-8,11,13H2. The van der Waals surface area contributed by atoms with E-state index in [2.05, 4.69) is 16.0 Å². The van der Waals surface area contributed by atoms with Gasteiger partial charge in [-0.05, 0) is 17.7 Å². The molecular weight excluding hydrogens is 346 g/mol. The van der Waals surface area contributed by atoms with Crippen molar-refractivity contribution < 1.29 is 4.79 Å². The van der Waals surface area contributed by atoms with Crippen molar-refractivity contribution in [3.63, 3.8) is 0 Å². The number of hydrogen-bond acceptors (Lipinski definition) is 5. The van der Waals surface area contributed by atoms with Gasteiger partial charge in [0.05, 0.1) is 23.7 Å². The number of thiazole rings is 1. The number of hydrogen-bond donors (Lipinski definition) is 0. The van der Waals surface area contributed by atoms with Crippen molar-refractivity contribution in [2.45, 2.75) is 13.0 Å². The van der Waals surface area contributed by atoms with Gasteiger partial charge < -0.3 is 4.90 Å². The normalized spacial score (nSPS) is 15.3. The van der Waals surface area contributed by atoms with Gasteiger partial charge in [-0.2, -0.15) is 5.26 Å². The second kappa shape index (κ2) is 7.28. The number of benzene rings is 1. The van der Waals surface area contributed by atoms with Gasteiger partial charge in [0.2, 0.25) is 5.91 Å². The summed E-state index contributed by atoms with van der Waals surface area (Å²) in [6.07, 6.45) is 4.26. The Bertz CT molecular complexity index is 916. The minimum Gasteiger partial charge on any atom is -0.340 e. The van der Waals surface area contributed by atoms with Crippen LogP contribution in [0.4, 0.5) is 0 Å². The maximum Gasteiger partial charge on any atom is 0.228 e. The highest BCUT2D eigenvalue weighted by molar-refractivity contribution is 7.15. The lowest BCUT2D eigenvalue weighted by atomic mass is 10.1. The van der Waals surface area contributed by atoms with E-state index in [9.17, 15) is 4.79 Å². The number of nitriles is 1. The number of amides is 1. The first kappa shape index (κ1) is 16.8. The van der Waals surface area contributed by atoms with Crippen LogP contribution in [0.1, 0.15) is 16.8 Å². The highest BCUT2D eigenvalue weighted by atomic mass is 32.1. The highest BCUT2D eigenvalue weighted by Crippen LogP contribution is 2.14. The number of piperazine rings is 1. The molecule has 0 atom stereocenters. The third-order valence-electron chi connectivity index (χ3n) is 4.69. The highest BCUT2D eigenvalue weighted by Gasteiger charge is 2.22. The maximum atomic E-state index is 12.5. The SMILES string of the molecule is N#Cc1ccc(CN2CCN(C(=O)Cc3cn4ccsc4n3)CC2)cc1. The van der Waals surface area contributed by atoms with Gasteiger partial charge >= 0.3 is 0 Å². The Kier molecular flexibility index (Phi) is 4.69. The summed E-state index contributed by atoms with van der Waals surface area (Å²) in [5, 5.41) is 10.8. The molecule has 7 heteroatoms. The van der Waals surface area contributed by atoms with E-state index in [4.69, 9.17) is 5.26 Å². The van der Waals surface area contributed by atoms with Crippen molar-refractivity contribution in [1.29, 1.82) is 5.26 Å². The molecule has 132 valence electrons. The lowest BCUT2D eigenvalue weighted by Crippen LogP contribution is -2.48. The van der Waals surface area contributed by atoms with Crippen LogP contribution < -0.4 is 0 Å². The van der Waals surface area contributed by atoms with Crippen LogP contribution in [0.25, 0.3) is 4.96 Å². The molecule has 0 saturated carbocycles. The second-order valence-corrected chi connectivity index (χ2v) is 7.34. The number of imidazole rings is 1. The van der Waals surface area contributed by atoms with Gasteiger partial charge in [0.1, 0.15) is 0 Å². The van der Waals surface area contributed by atoms with Crippen LogP contribution in [0, 0.1) is 11.3 Å². The van der Waals surface area contributed by atoms with Crippen molar-refractivity contribution in [3.8, 4) is 6.07 Å². The zero-order valence-corrected chi connectivity index (χ0v) is 15.2. The van der Waals surface area contributed by atoms with Crippen molar-refractivity contribution in [2.24, 2.45) is 0 Å². The van der Waals surface area contributed by atoms with E-state index >= 15 is 0 Å². The molecular formula is C19H19N5OS. The van der Waals surface area contributed by atoms with E-state index in [0.29, 0.717) is 12.0 Å². The van der Waals surface area contributed by atoms with Gasteiger partial charge in [-0.25, -0.2) is 4.98 Å². The molecule has 1 aliphatic rings. The molecule has 4 rings (SSSR count). The number of carbonyl (C=O) groups excluding carboxylic acids is 1. The predicted molar refractivity (Wildman–Crippen MR) is 99.8 cm³/mol. The van der Waals surface area contributed by atoms with Crippen molar-refractivity contribution in [3.05, 3.63) is 58.9 Å². The predicted octanol–water partition coefficient (Wildman–Crippen LogP) is 2.15. The largest absolute Gasteiger partial charge is 0.340 e. The number of carbonyl (C=O) groups is 1. The van der Waals surface area contributed by atoms with Crippen LogP contribution in [0.2, 0.25) is 0 Å². The summed E-state index contributed by atoms with van der Waals surface area (Å²) in [4.78, 5) is 22.2. The third kappa shape index (κ3) is 3.62. The number of nitrogens with zero attached hydrogens (tertiary/aromatic N) is 5. The van der Waals surface area contributed by atoms with E-state index in [1.807, 2.05) is 51.3 Å². The Morgan fingerprint density at radius 3 is 2.65 bits per heavy atom. The molecule has 1 aliphatic heterocycles. The molecule has 0 spiro atoms. The summed E-state index contributed by atoms with van der Waals surface area (Å²) in [6, 6.07) is 9.84. The van der Waals surface area contributed by atoms with Crippen LogP contribution in [0.3, 0.4) is 0 Å². The van der Waals surface area contributed by atoms with E-state index in [-0.39, 0.29) is 5.91 Å². The monoisotopic (exact) mass is 365 g/mol. The summed E-state index contributed by atoms with van der Waals surface area (Å²) in [5.41, 5.74) is 2.71. The van der Waals surface area contributed by atoms with Gasteiger partial charge in [-0.3, -0.25) is 14.1 Å². The van der Waals surface area contributed by atoms with Crippen LogP contribution in [-0.4, -0.2) is 51.3 Å². The summed E-state index contributed by atoms with van der Waals surface area (Å²) in [5.74, 6) is 0.147. The van der Waals surface area contributed by atoms with E-state index in [1.165, 1.54) is 5.56 Å².